The van der Waals surface area contributed by atoms with Gasteiger partial charge in [-0.1, -0.05) is 0 Å². The SMILES string of the molecule is CCOC(=O)c1sc(NC(=O)c2ccoc2Br)cc1C. The van der Waals surface area contributed by atoms with Crippen molar-refractivity contribution >= 4 is 44.1 Å². The first-order valence-electron chi connectivity index (χ1n) is 5.84. The van der Waals surface area contributed by atoms with Crippen LogP contribution in [0.1, 0.15) is 32.5 Å². The van der Waals surface area contributed by atoms with E-state index in [9.17, 15) is 9.59 Å². The first kappa shape index (κ1) is 14.8. The largest absolute Gasteiger partial charge is 0.462 e. The molecular weight excluding hydrogens is 346 g/mol. The van der Waals surface area contributed by atoms with Crippen LogP contribution in [0, 0.1) is 6.92 Å². The van der Waals surface area contributed by atoms with E-state index in [4.69, 9.17) is 9.15 Å². The molecule has 106 valence electrons. The van der Waals surface area contributed by atoms with Crippen molar-refractivity contribution in [3.05, 3.63) is 39.1 Å². The molecule has 0 saturated heterocycles. The van der Waals surface area contributed by atoms with E-state index in [1.165, 1.54) is 17.6 Å². The smallest absolute Gasteiger partial charge is 0.348 e. The highest BCUT2D eigenvalue weighted by Gasteiger charge is 2.18. The zero-order valence-corrected chi connectivity index (χ0v) is 13.3. The van der Waals surface area contributed by atoms with Crippen molar-refractivity contribution in [3.8, 4) is 0 Å². The minimum atomic E-state index is -0.375. The predicted molar refractivity (Wildman–Crippen MR) is 79.4 cm³/mol. The number of hydrogen-bond donors (Lipinski definition) is 1. The van der Waals surface area contributed by atoms with Crippen LogP contribution in [0.15, 0.2) is 27.5 Å². The molecular formula is C13H12BrNO4S. The third kappa shape index (κ3) is 3.10. The fraction of sp³-hybridized carbons (Fsp3) is 0.231. The lowest BCUT2D eigenvalue weighted by Crippen LogP contribution is -2.10. The van der Waals surface area contributed by atoms with Gasteiger partial charge in [0.05, 0.1) is 23.4 Å². The second-order valence-electron chi connectivity index (χ2n) is 3.91. The standard InChI is InChI=1S/C13H12BrNO4S/c1-3-18-13(17)10-7(2)6-9(20-10)15-12(16)8-4-5-19-11(8)14/h4-6H,3H2,1-2H3,(H,15,16). The van der Waals surface area contributed by atoms with Gasteiger partial charge in [0.2, 0.25) is 0 Å². The van der Waals surface area contributed by atoms with E-state index < -0.39 is 0 Å². The molecule has 0 spiro atoms. The summed E-state index contributed by atoms with van der Waals surface area (Å²) in [6.07, 6.45) is 1.42. The molecule has 2 aromatic rings. The van der Waals surface area contributed by atoms with Gasteiger partial charge in [-0.25, -0.2) is 4.79 Å². The van der Waals surface area contributed by atoms with Crippen LogP contribution in [-0.2, 0) is 4.74 Å². The Labute approximate surface area is 128 Å². The highest BCUT2D eigenvalue weighted by atomic mass is 79.9. The van der Waals surface area contributed by atoms with E-state index in [-0.39, 0.29) is 11.9 Å². The number of hydrogen-bond acceptors (Lipinski definition) is 5. The van der Waals surface area contributed by atoms with E-state index in [2.05, 4.69) is 21.2 Å². The first-order chi connectivity index (χ1) is 9.52. The third-order valence-corrected chi connectivity index (χ3v) is 4.22. The van der Waals surface area contributed by atoms with E-state index in [1.807, 2.05) is 0 Å². The summed E-state index contributed by atoms with van der Waals surface area (Å²) >= 11 is 4.33. The molecule has 0 atom stereocenters. The van der Waals surface area contributed by atoms with Gasteiger partial charge in [-0.3, -0.25) is 4.79 Å². The van der Waals surface area contributed by atoms with Gasteiger partial charge in [-0.15, -0.1) is 11.3 Å². The van der Waals surface area contributed by atoms with Gasteiger partial charge in [0, 0.05) is 0 Å². The Morgan fingerprint density at radius 3 is 2.85 bits per heavy atom. The summed E-state index contributed by atoms with van der Waals surface area (Å²) in [7, 11) is 0. The number of aryl methyl sites for hydroxylation is 1. The van der Waals surface area contributed by atoms with Crippen LogP contribution >= 0.6 is 27.3 Å². The van der Waals surface area contributed by atoms with Crippen LogP contribution in [0.5, 0.6) is 0 Å². The molecule has 5 nitrogen and oxygen atoms in total. The molecule has 0 aliphatic heterocycles. The minimum Gasteiger partial charge on any atom is -0.462 e. The van der Waals surface area contributed by atoms with Crippen molar-refractivity contribution < 1.29 is 18.7 Å². The van der Waals surface area contributed by atoms with Crippen molar-refractivity contribution in [2.75, 3.05) is 11.9 Å². The number of carbonyl (C=O) groups is 2. The van der Waals surface area contributed by atoms with Crippen LogP contribution < -0.4 is 5.32 Å². The quantitative estimate of drug-likeness (QED) is 0.844. The number of nitrogens with one attached hydrogen (secondary N) is 1. The predicted octanol–water partition coefficient (Wildman–Crippen LogP) is 3.84. The molecule has 0 unspecified atom stereocenters. The van der Waals surface area contributed by atoms with Gasteiger partial charge >= 0.3 is 5.97 Å². The molecule has 1 amide bonds. The molecule has 0 aliphatic rings. The van der Waals surface area contributed by atoms with E-state index in [0.717, 1.165) is 5.56 Å². The van der Waals surface area contributed by atoms with Crippen LogP contribution in [0.3, 0.4) is 0 Å². The van der Waals surface area contributed by atoms with Crippen LogP contribution in [-0.4, -0.2) is 18.5 Å². The molecule has 0 aliphatic carbocycles. The molecule has 0 bridgehead atoms. The van der Waals surface area contributed by atoms with Gasteiger partial charge in [0.1, 0.15) is 4.88 Å². The number of esters is 1. The molecule has 2 aromatic heterocycles. The average Bonchev–Trinajstić information content (AvgIpc) is 2.96. The van der Waals surface area contributed by atoms with Gasteiger partial charge in [0.25, 0.3) is 5.91 Å². The third-order valence-electron chi connectivity index (χ3n) is 2.48. The number of amides is 1. The molecule has 2 heterocycles. The summed E-state index contributed by atoms with van der Waals surface area (Å²) < 4.78 is 10.3. The van der Waals surface area contributed by atoms with Crippen LogP contribution in [0.2, 0.25) is 0 Å². The molecule has 7 heteroatoms. The summed E-state index contributed by atoms with van der Waals surface area (Å²) in [5, 5.41) is 3.31. The maximum absolute atomic E-state index is 12.0. The number of ether oxygens (including phenoxy) is 1. The van der Waals surface area contributed by atoms with Gasteiger partial charge in [0.15, 0.2) is 4.67 Å². The number of halogens is 1. The monoisotopic (exact) mass is 357 g/mol. The van der Waals surface area contributed by atoms with E-state index in [1.54, 1.807) is 26.0 Å². The highest BCUT2D eigenvalue weighted by Crippen LogP contribution is 2.28. The summed E-state index contributed by atoms with van der Waals surface area (Å²) in [5.41, 5.74) is 1.17. The van der Waals surface area contributed by atoms with Gasteiger partial charge in [-0.05, 0) is 47.5 Å². The molecule has 2 rings (SSSR count). The second kappa shape index (κ2) is 6.23. The number of furan rings is 1. The highest BCUT2D eigenvalue weighted by molar-refractivity contribution is 9.10. The molecule has 0 saturated carbocycles. The Morgan fingerprint density at radius 2 is 2.25 bits per heavy atom. The number of anilines is 1. The molecule has 1 N–H and O–H groups in total. The topological polar surface area (TPSA) is 68.5 Å². The Hall–Kier alpha value is -1.60. The summed E-state index contributed by atoms with van der Waals surface area (Å²) in [5.74, 6) is -0.678. The molecule has 20 heavy (non-hydrogen) atoms. The molecule has 0 aromatic carbocycles. The first-order valence-corrected chi connectivity index (χ1v) is 7.45. The Balaban J connectivity index is 2.15. The van der Waals surface area contributed by atoms with E-state index >= 15 is 0 Å². The van der Waals surface area contributed by atoms with Gasteiger partial charge < -0.3 is 14.5 Å². The zero-order valence-electron chi connectivity index (χ0n) is 10.9. The lowest BCUT2D eigenvalue weighted by Gasteiger charge is -2.00. The maximum Gasteiger partial charge on any atom is 0.348 e. The fourth-order valence-electron chi connectivity index (χ4n) is 1.58. The maximum atomic E-state index is 12.0. The lowest BCUT2D eigenvalue weighted by atomic mass is 10.3. The van der Waals surface area contributed by atoms with Gasteiger partial charge in [-0.2, -0.15) is 0 Å². The Morgan fingerprint density at radius 1 is 1.50 bits per heavy atom. The number of thiophene rings is 1. The normalized spacial score (nSPS) is 10.3. The van der Waals surface area contributed by atoms with E-state index in [0.29, 0.717) is 26.7 Å². The van der Waals surface area contributed by atoms with Crippen molar-refractivity contribution in [2.24, 2.45) is 0 Å². The van der Waals surface area contributed by atoms with Crippen LogP contribution in [0.4, 0.5) is 5.00 Å². The second-order valence-corrected chi connectivity index (χ2v) is 5.68. The fourth-order valence-corrected chi connectivity index (χ4v) is 2.96. The van der Waals surface area contributed by atoms with Crippen molar-refractivity contribution in [1.82, 2.24) is 0 Å². The van der Waals surface area contributed by atoms with Crippen molar-refractivity contribution in [2.45, 2.75) is 13.8 Å². The minimum absolute atomic E-state index is 0.303. The molecule has 0 fully saturated rings. The molecule has 0 radical (unpaired) electrons. The number of rotatable bonds is 4. The average molecular weight is 358 g/mol. The zero-order chi connectivity index (χ0) is 14.7. The summed E-state index contributed by atoms with van der Waals surface area (Å²) in [6.45, 7) is 3.87. The van der Waals surface area contributed by atoms with Crippen LogP contribution in [0.25, 0.3) is 0 Å². The summed E-state index contributed by atoms with van der Waals surface area (Å²) in [6, 6.07) is 3.30. The Bertz CT molecular complexity index is 647. The number of carbonyl (C=O) groups excluding carboxylic acids is 2. The lowest BCUT2D eigenvalue weighted by molar-refractivity contribution is 0.0531. The summed E-state index contributed by atoms with van der Waals surface area (Å²) in [4.78, 5) is 24.2. The van der Waals surface area contributed by atoms with Crippen molar-refractivity contribution in [3.63, 3.8) is 0 Å². The van der Waals surface area contributed by atoms with Crippen molar-refractivity contribution in [1.29, 1.82) is 0 Å². The Kier molecular flexibility index (Phi) is 4.61.